The van der Waals surface area contributed by atoms with Crippen molar-refractivity contribution >= 4 is 0 Å². The fraction of sp³-hybridized carbons (Fsp3) is 0.462. The molecular weight excluding hydrogens is 186 g/mol. The first-order valence-corrected chi connectivity index (χ1v) is 5.44. The highest BCUT2D eigenvalue weighted by atomic mass is 16.3. The van der Waals surface area contributed by atoms with Crippen LogP contribution in [0.3, 0.4) is 0 Å². The van der Waals surface area contributed by atoms with E-state index in [2.05, 4.69) is 18.2 Å². The number of nitrogens with zero attached hydrogens (tertiary/aromatic N) is 1. The van der Waals surface area contributed by atoms with Gasteiger partial charge in [-0.3, -0.25) is 0 Å². The smallest absolute Gasteiger partial charge is 0.0744 e. The summed E-state index contributed by atoms with van der Waals surface area (Å²) in [6.07, 6.45) is 2.41. The van der Waals surface area contributed by atoms with E-state index in [1.807, 2.05) is 12.1 Å². The lowest BCUT2D eigenvalue weighted by Crippen LogP contribution is -2.54. The number of aliphatic hydroxyl groups is 1. The molecule has 0 amide bonds. The minimum absolute atomic E-state index is 0.0106. The van der Waals surface area contributed by atoms with Gasteiger partial charge in [0.25, 0.3) is 0 Å². The highest BCUT2D eigenvalue weighted by Crippen LogP contribution is 2.55. The monoisotopic (exact) mass is 199 g/mol. The van der Waals surface area contributed by atoms with Crippen LogP contribution in [0.4, 0.5) is 0 Å². The summed E-state index contributed by atoms with van der Waals surface area (Å²) in [6.45, 7) is 0. The zero-order valence-corrected chi connectivity index (χ0v) is 8.48. The van der Waals surface area contributed by atoms with Gasteiger partial charge in [-0.1, -0.05) is 24.3 Å². The summed E-state index contributed by atoms with van der Waals surface area (Å²) in [6, 6.07) is 10.5. The SMILES string of the molecule is N#C[C@@H]1C[C@@]2(O)CCc3ccccc3[C@@H]12. The van der Waals surface area contributed by atoms with Crippen LogP contribution in [0.15, 0.2) is 24.3 Å². The van der Waals surface area contributed by atoms with E-state index in [1.54, 1.807) is 0 Å². The summed E-state index contributed by atoms with van der Waals surface area (Å²) in [5.74, 6) is 0.0731. The van der Waals surface area contributed by atoms with E-state index in [9.17, 15) is 5.11 Å². The molecule has 0 radical (unpaired) electrons. The molecule has 3 atom stereocenters. The predicted octanol–water partition coefficient (Wildman–Crippen LogP) is 1.99. The normalized spacial score (nSPS) is 37.1. The molecule has 3 rings (SSSR count). The molecule has 0 saturated heterocycles. The van der Waals surface area contributed by atoms with Crippen LogP contribution >= 0.6 is 0 Å². The molecule has 2 nitrogen and oxygen atoms in total. The van der Waals surface area contributed by atoms with Crippen molar-refractivity contribution in [2.45, 2.75) is 30.8 Å². The van der Waals surface area contributed by atoms with Gasteiger partial charge in [-0.2, -0.15) is 5.26 Å². The van der Waals surface area contributed by atoms with Crippen LogP contribution in [-0.4, -0.2) is 10.7 Å². The van der Waals surface area contributed by atoms with E-state index in [-0.39, 0.29) is 11.8 Å². The lowest BCUT2D eigenvalue weighted by Gasteiger charge is -2.52. The van der Waals surface area contributed by atoms with Crippen LogP contribution in [0.2, 0.25) is 0 Å². The Morgan fingerprint density at radius 3 is 3.00 bits per heavy atom. The van der Waals surface area contributed by atoms with Gasteiger partial charge in [0.15, 0.2) is 0 Å². The molecule has 2 aliphatic rings. The Balaban J connectivity index is 2.08. The van der Waals surface area contributed by atoms with E-state index >= 15 is 0 Å². The molecule has 2 aliphatic carbocycles. The van der Waals surface area contributed by atoms with Gasteiger partial charge in [-0.15, -0.1) is 0 Å². The Hall–Kier alpha value is -1.33. The van der Waals surface area contributed by atoms with E-state index < -0.39 is 5.60 Å². The highest BCUT2D eigenvalue weighted by Gasteiger charge is 2.55. The van der Waals surface area contributed by atoms with Gasteiger partial charge in [0.2, 0.25) is 0 Å². The third-order valence-corrected chi connectivity index (χ3v) is 3.94. The van der Waals surface area contributed by atoms with Gasteiger partial charge < -0.3 is 5.11 Å². The topological polar surface area (TPSA) is 44.0 Å². The number of nitriles is 1. The first-order chi connectivity index (χ1) is 7.24. The fourth-order valence-electron chi connectivity index (χ4n) is 3.14. The Kier molecular flexibility index (Phi) is 1.69. The van der Waals surface area contributed by atoms with Gasteiger partial charge in [0, 0.05) is 5.92 Å². The second kappa shape index (κ2) is 2.84. The van der Waals surface area contributed by atoms with E-state index in [1.165, 1.54) is 11.1 Å². The molecule has 1 saturated carbocycles. The zero-order valence-electron chi connectivity index (χ0n) is 8.48. The number of hydrogen-bond acceptors (Lipinski definition) is 2. The number of rotatable bonds is 0. The van der Waals surface area contributed by atoms with Gasteiger partial charge in [0.05, 0.1) is 17.6 Å². The van der Waals surface area contributed by atoms with Crippen LogP contribution in [0.1, 0.15) is 29.9 Å². The van der Waals surface area contributed by atoms with Crippen LogP contribution in [0.25, 0.3) is 0 Å². The van der Waals surface area contributed by atoms with Crippen molar-refractivity contribution in [2.75, 3.05) is 0 Å². The summed E-state index contributed by atoms with van der Waals surface area (Å²) in [4.78, 5) is 0. The lowest BCUT2D eigenvalue weighted by molar-refractivity contribution is -0.0944. The molecule has 1 aromatic rings. The quantitative estimate of drug-likeness (QED) is 0.694. The lowest BCUT2D eigenvalue weighted by atomic mass is 9.54. The molecule has 15 heavy (non-hydrogen) atoms. The maximum atomic E-state index is 10.3. The molecule has 1 N–H and O–H groups in total. The van der Waals surface area contributed by atoms with Gasteiger partial charge in [-0.05, 0) is 30.4 Å². The average molecular weight is 199 g/mol. The first kappa shape index (κ1) is 8.94. The summed E-state index contributed by atoms with van der Waals surface area (Å²) in [5, 5.41) is 19.3. The van der Waals surface area contributed by atoms with Crippen molar-refractivity contribution in [3.63, 3.8) is 0 Å². The van der Waals surface area contributed by atoms with Crippen molar-refractivity contribution in [1.82, 2.24) is 0 Å². The van der Waals surface area contributed by atoms with Crippen LogP contribution in [0.5, 0.6) is 0 Å². The Morgan fingerprint density at radius 2 is 2.20 bits per heavy atom. The zero-order chi connectivity index (χ0) is 10.5. The standard InChI is InChI=1S/C13H13NO/c14-8-10-7-13(15)6-5-9-3-1-2-4-11(9)12(10)13/h1-4,10,12,15H,5-7H2/t10-,12+,13-/m0/s1. The van der Waals surface area contributed by atoms with E-state index in [0.717, 1.165) is 12.8 Å². The molecule has 76 valence electrons. The molecule has 0 unspecified atom stereocenters. The Bertz CT molecular complexity index is 448. The fourth-order valence-corrected chi connectivity index (χ4v) is 3.14. The number of aryl methyl sites for hydroxylation is 1. The Morgan fingerprint density at radius 1 is 1.40 bits per heavy atom. The minimum Gasteiger partial charge on any atom is -0.389 e. The minimum atomic E-state index is -0.589. The predicted molar refractivity (Wildman–Crippen MR) is 56.2 cm³/mol. The number of hydrogen-bond donors (Lipinski definition) is 1. The van der Waals surface area contributed by atoms with Crippen molar-refractivity contribution in [3.05, 3.63) is 35.4 Å². The molecule has 2 heteroatoms. The summed E-state index contributed by atoms with van der Waals surface area (Å²) in [7, 11) is 0. The molecule has 0 heterocycles. The average Bonchev–Trinajstić information content (AvgIpc) is 2.23. The van der Waals surface area contributed by atoms with Gasteiger partial charge >= 0.3 is 0 Å². The molecule has 1 aromatic carbocycles. The molecule has 0 aromatic heterocycles. The van der Waals surface area contributed by atoms with Crippen LogP contribution < -0.4 is 0 Å². The van der Waals surface area contributed by atoms with Crippen molar-refractivity contribution in [2.24, 2.45) is 5.92 Å². The van der Waals surface area contributed by atoms with E-state index in [4.69, 9.17) is 5.26 Å². The van der Waals surface area contributed by atoms with Crippen molar-refractivity contribution in [3.8, 4) is 6.07 Å². The summed E-state index contributed by atoms with van der Waals surface area (Å²) in [5.41, 5.74) is 1.92. The maximum absolute atomic E-state index is 10.3. The van der Waals surface area contributed by atoms with Crippen LogP contribution in [0, 0.1) is 17.2 Å². The Labute approximate surface area is 89.2 Å². The largest absolute Gasteiger partial charge is 0.389 e. The van der Waals surface area contributed by atoms with Gasteiger partial charge in [-0.25, -0.2) is 0 Å². The maximum Gasteiger partial charge on any atom is 0.0744 e. The summed E-state index contributed by atoms with van der Waals surface area (Å²) < 4.78 is 0. The van der Waals surface area contributed by atoms with Crippen LogP contribution in [-0.2, 0) is 6.42 Å². The number of benzene rings is 1. The van der Waals surface area contributed by atoms with Gasteiger partial charge in [0.1, 0.15) is 0 Å². The molecule has 0 spiro atoms. The first-order valence-electron chi connectivity index (χ1n) is 5.44. The molecule has 1 fully saturated rings. The molecule has 0 aliphatic heterocycles. The second-order valence-electron chi connectivity index (χ2n) is 4.72. The van der Waals surface area contributed by atoms with Crippen molar-refractivity contribution in [1.29, 1.82) is 5.26 Å². The number of fused-ring (bicyclic) bond motifs is 3. The third kappa shape index (κ3) is 1.07. The molecule has 0 bridgehead atoms. The van der Waals surface area contributed by atoms with E-state index in [0.29, 0.717) is 6.42 Å². The summed E-state index contributed by atoms with van der Waals surface area (Å²) >= 11 is 0. The van der Waals surface area contributed by atoms with Crippen molar-refractivity contribution < 1.29 is 5.11 Å². The second-order valence-corrected chi connectivity index (χ2v) is 4.72. The highest BCUT2D eigenvalue weighted by molar-refractivity contribution is 5.40. The third-order valence-electron chi connectivity index (χ3n) is 3.94. The molecular formula is C13H13NO.